The Morgan fingerprint density at radius 1 is 1.15 bits per heavy atom. The molecule has 8 nitrogen and oxygen atoms in total. The predicted octanol–water partition coefficient (Wildman–Crippen LogP) is 2.51. The van der Waals surface area contributed by atoms with Crippen molar-refractivity contribution >= 4 is 17.6 Å². The van der Waals surface area contributed by atoms with Crippen molar-refractivity contribution in [2.75, 3.05) is 20.3 Å². The van der Waals surface area contributed by atoms with E-state index in [1.807, 2.05) is 30.3 Å². The number of nitro groups is 1. The Morgan fingerprint density at radius 3 is 2.56 bits per heavy atom. The minimum atomic E-state index is -0.694. The van der Waals surface area contributed by atoms with Crippen molar-refractivity contribution in [1.82, 2.24) is 5.32 Å². The topological polar surface area (TPSA) is 108 Å². The smallest absolute Gasteiger partial charge is 0.338 e. The van der Waals surface area contributed by atoms with Crippen LogP contribution in [0.4, 0.5) is 5.69 Å². The number of hydrogen-bond acceptors (Lipinski definition) is 6. The van der Waals surface area contributed by atoms with Gasteiger partial charge in [0.2, 0.25) is 0 Å². The van der Waals surface area contributed by atoms with Gasteiger partial charge in [-0.3, -0.25) is 14.9 Å². The highest BCUT2D eigenvalue weighted by Crippen LogP contribution is 2.28. The van der Waals surface area contributed by atoms with E-state index in [0.717, 1.165) is 18.9 Å². The zero-order valence-electron chi connectivity index (χ0n) is 14.8. The Balaban J connectivity index is 1.83. The third-order valence-electron chi connectivity index (χ3n) is 3.74. The largest absolute Gasteiger partial charge is 0.477 e. The summed E-state index contributed by atoms with van der Waals surface area (Å²) in [6, 6.07) is 13.6. The average molecular weight is 372 g/mol. The van der Waals surface area contributed by atoms with Gasteiger partial charge in [0.05, 0.1) is 17.6 Å². The fraction of sp³-hybridized carbons (Fsp3) is 0.263. The summed E-state index contributed by atoms with van der Waals surface area (Å²) >= 11 is 0. The van der Waals surface area contributed by atoms with Crippen molar-refractivity contribution in [3.8, 4) is 5.75 Å². The van der Waals surface area contributed by atoms with Gasteiger partial charge in [0.1, 0.15) is 0 Å². The van der Waals surface area contributed by atoms with E-state index in [9.17, 15) is 19.7 Å². The second-order valence-corrected chi connectivity index (χ2v) is 5.66. The molecule has 0 aromatic heterocycles. The van der Waals surface area contributed by atoms with E-state index in [1.54, 1.807) is 0 Å². The fourth-order valence-corrected chi connectivity index (χ4v) is 2.39. The Morgan fingerprint density at radius 2 is 1.89 bits per heavy atom. The molecule has 2 rings (SSSR count). The molecular formula is C19H20N2O6. The number of benzene rings is 2. The highest BCUT2D eigenvalue weighted by Gasteiger charge is 2.19. The van der Waals surface area contributed by atoms with E-state index in [0.29, 0.717) is 6.54 Å². The van der Waals surface area contributed by atoms with Crippen molar-refractivity contribution in [2.45, 2.75) is 12.8 Å². The molecule has 0 heterocycles. The van der Waals surface area contributed by atoms with E-state index < -0.39 is 16.6 Å². The summed E-state index contributed by atoms with van der Waals surface area (Å²) < 4.78 is 9.77. The van der Waals surface area contributed by atoms with Crippen LogP contribution >= 0.6 is 0 Å². The molecule has 2 aromatic rings. The van der Waals surface area contributed by atoms with Crippen LogP contribution in [0.5, 0.6) is 5.75 Å². The molecule has 2 aromatic carbocycles. The molecule has 0 saturated heterocycles. The monoisotopic (exact) mass is 372 g/mol. The molecule has 0 fully saturated rings. The highest BCUT2D eigenvalue weighted by molar-refractivity contribution is 5.90. The third kappa shape index (κ3) is 6.10. The maximum atomic E-state index is 11.9. The van der Waals surface area contributed by atoms with E-state index in [-0.39, 0.29) is 23.8 Å². The molecule has 0 atom stereocenters. The molecule has 142 valence electrons. The summed E-state index contributed by atoms with van der Waals surface area (Å²) in [5.74, 6) is -1.16. The summed E-state index contributed by atoms with van der Waals surface area (Å²) in [5, 5.41) is 13.9. The van der Waals surface area contributed by atoms with E-state index in [4.69, 9.17) is 4.74 Å². The number of esters is 1. The molecule has 0 radical (unpaired) electrons. The molecule has 0 unspecified atom stereocenters. The van der Waals surface area contributed by atoms with Crippen molar-refractivity contribution in [3.63, 3.8) is 0 Å². The lowest BCUT2D eigenvalue weighted by Gasteiger charge is -2.09. The van der Waals surface area contributed by atoms with Gasteiger partial charge < -0.3 is 14.8 Å². The van der Waals surface area contributed by atoms with Crippen LogP contribution in [0.3, 0.4) is 0 Å². The zero-order valence-corrected chi connectivity index (χ0v) is 14.8. The van der Waals surface area contributed by atoms with Gasteiger partial charge in [-0.05, 0) is 30.5 Å². The SMILES string of the molecule is COC(=O)c1ccc(OCC(=O)NCCCc2ccccc2)c([N+](=O)[O-])c1. The number of aryl methyl sites for hydroxylation is 1. The maximum absolute atomic E-state index is 11.9. The number of carbonyl (C=O) groups excluding carboxylic acids is 2. The molecule has 1 amide bonds. The van der Waals surface area contributed by atoms with Crippen LogP contribution in [0.25, 0.3) is 0 Å². The Kier molecular flexibility index (Phi) is 7.30. The van der Waals surface area contributed by atoms with Crippen LogP contribution in [0.15, 0.2) is 48.5 Å². The predicted molar refractivity (Wildman–Crippen MR) is 97.7 cm³/mol. The lowest BCUT2D eigenvalue weighted by atomic mass is 10.1. The van der Waals surface area contributed by atoms with Gasteiger partial charge in [-0.1, -0.05) is 30.3 Å². The van der Waals surface area contributed by atoms with E-state index >= 15 is 0 Å². The number of rotatable bonds is 9. The van der Waals surface area contributed by atoms with Gasteiger partial charge in [0, 0.05) is 12.6 Å². The zero-order chi connectivity index (χ0) is 19.6. The number of ether oxygens (including phenoxy) is 2. The van der Waals surface area contributed by atoms with Crippen LogP contribution in [-0.2, 0) is 16.0 Å². The maximum Gasteiger partial charge on any atom is 0.338 e. The molecule has 0 aliphatic heterocycles. The van der Waals surface area contributed by atoms with E-state index in [2.05, 4.69) is 10.1 Å². The molecular weight excluding hydrogens is 352 g/mol. The number of carbonyl (C=O) groups is 2. The number of nitrogens with one attached hydrogen (secondary N) is 1. The summed E-state index contributed by atoms with van der Waals surface area (Å²) in [4.78, 5) is 33.8. The van der Waals surface area contributed by atoms with E-state index in [1.165, 1.54) is 24.8 Å². The Labute approximate surface area is 156 Å². The first-order valence-electron chi connectivity index (χ1n) is 8.31. The molecule has 1 N–H and O–H groups in total. The standard InChI is InChI=1S/C19H20N2O6/c1-26-19(23)15-9-10-17(16(12-15)21(24)25)27-13-18(22)20-11-5-8-14-6-3-2-4-7-14/h2-4,6-7,9-10,12H,5,8,11,13H2,1H3,(H,20,22). The minimum Gasteiger partial charge on any atom is -0.477 e. The van der Waals surface area contributed by atoms with Crippen LogP contribution in [0.2, 0.25) is 0 Å². The second-order valence-electron chi connectivity index (χ2n) is 5.66. The lowest BCUT2D eigenvalue weighted by Crippen LogP contribution is -2.30. The van der Waals surface area contributed by atoms with Crippen LogP contribution in [0.1, 0.15) is 22.3 Å². The molecule has 27 heavy (non-hydrogen) atoms. The van der Waals surface area contributed by atoms with Gasteiger partial charge in [-0.15, -0.1) is 0 Å². The summed E-state index contributed by atoms with van der Waals surface area (Å²) in [6.45, 7) is 0.115. The van der Waals surface area contributed by atoms with Gasteiger partial charge in [0.15, 0.2) is 12.4 Å². The first kappa shape index (κ1) is 19.9. The summed E-state index contributed by atoms with van der Waals surface area (Å²) in [7, 11) is 1.18. The van der Waals surface area contributed by atoms with Crippen molar-refractivity contribution in [1.29, 1.82) is 0 Å². The minimum absolute atomic E-state index is 0.0295. The molecule has 0 bridgehead atoms. The van der Waals surface area contributed by atoms with Gasteiger partial charge in [-0.2, -0.15) is 0 Å². The van der Waals surface area contributed by atoms with Crippen LogP contribution in [-0.4, -0.2) is 37.1 Å². The van der Waals surface area contributed by atoms with Gasteiger partial charge >= 0.3 is 11.7 Å². The quantitative estimate of drug-likeness (QED) is 0.314. The van der Waals surface area contributed by atoms with Crippen LogP contribution < -0.4 is 10.1 Å². The molecule has 8 heteroatoms. The molecule has 0 aliphatic rings. The van der Waals surface area contributed by atoms with Crippen molar-refractivity contribution in [2.24, 2.45) is 0 Å². The summed E-state index contributed by atoms with van der Waals surface area (Å²) in [6.07, 6.45) is 1.60. The first-order valence-corrected chi connectivity index (χ1v) is 8.31. The Bertz CT molecular complexity index is 807. The van der Waals surface area contributed by atoms with Crippen LogP contribution in [0, 0.1) is 10.1 Å². The molecule has 0 saturated carbocycles. The Hall–Kier alpha value is -3.42. The average Bonchev–Trinajstić information content (AvgIpc) is 2.69. The van der Waals surface area contributed by atoms with Gasteiger partial charge in [-0.25, -0.2) is 4.79 Å². The molecule has 0 aliphatic carbocycles. The highest BCUT2D eigenvalue weighted by atomic mass is 16.6. The third-order valence-corrected chi connectivity index (χ3v) is 3.74. The number of hydrogen-bond donors (Lipinski definition) is 1. The normalized spacial score (nSPS) is 10.1. The van der Waals surface area contributed by atoms with Gasteiger partial charge in [0.25, 0.3) is 5.91 Å². The number of nitro benzene ring substituents is 1. The fourth-order valence-electron chi connectivity index (χ4n) is 2.39. The first-order chi connectivity index (χ1) is 13.0. The lowest BCUT2D eigenvalue weighted by molar-refractivity contribution is -0.385. The number of methoxy groups -OCH3 is 1. The van der Waals surface area contributed by atoms with Crippen molar-refractivity contribution < 1.29 is 24.0 Å². The number of nitrogens with zero attached hydrogens (tertiary/aromatic N) is 1. The molecule has 0 spiro atoms. The number of amides is 1. The van der Waals surface area contributed by atoms with Crippen molar-refractivity contribution in [3.05, 3.63) is 69.8 Å². The second kappa shape index (κ2) is 9.91. The summed E-state index contributed by atoms with van der Waals surface area (Å²) in [5.41, 5.74) is 0.806.